The lowest BCUT2D eigenvalue weighted by molar-refractivity contribution is 0.672. The number of fused-ring (bicyclic) bond motifs is 14. The lowest BCUT2D eigenvalue weighted by atomic mass is 9.98. The van der Waals surface area contributed by atoms with Crippen molar-refractivity contribution in [3.8, 4) is 11.3 Å². The first-order valence-corrected chi connectivity index (χ1v) is 18.6. The molecule has 3 heterocycles. The smallest absolute Gasteiger partial charge is 0.143 e. The number of furan rings is 2. The molecule has 0 fully saturated rings. The van der Waals surface area contributed by atoms with Gasteiger partial charge in [0.25, 0.3) is 0 Å². The quantitative estimate of drug-likeness (QED) is 0.171. The van der Waals surface area contributed by atoms with Gasteiger partial charge < -0.3 is 13.7 Å². The molecule has 12 rings (SSSR count). The number of aromatic nitrogens is 1. The molecule has 0 saturated heterocycles. The van der Waals surface area contributed by atoms with Crippen LogP contribution in [0.5, 0.6) is 0 Å². The summed E-state index contributed by atoms with van der Waals surface area (Å²) in [7, 11) is 0. The van der Waals surface area contributed by atoms with Crippen LogP contribution >= 0.6 is 0 Å². The number of anilines is 3. The first-order valence-electron chi connectivity index (χ1n) is 18.6. The van der Waals surface area contributed by atoms with E-state index < -0.39 is 0 Å². The number of benzene rings is 9. The number of para-hydroxylation sites is 2. The maximum atomic E-state index is 6.53. The van der Waals surface area contributed by atoms with Crippen LogP contribution in [-0.4, -0.2) is 4.98 Å². The van der Waals surface area contributed by atoms with Crippen molar-refractivity contribution in [1.82, 2.24) is 4.98 Å². The van der Waals surface area contributed by atoms with E-state index in [0.717, 1.165) is 115 Å². The van der Waals surface area contributed by atoms with E-state index >= 15 is 0 Å². The lowest BCUT2D eigenvalue weighted by Gasteiger charge is -2.26. The largest absolute Gasteiger partial charge is 0.455 e. The van der Waals surface area contributed by atoms with Crippen LogP contribution in [0.15, 0.2) is 191 Å². The van der Waals surface area contributed by atoms with E-state index in [1.807, 2.05) is 48.7 Å². The second kappa shape index (κ2) is 11.5. The highest BCUT2D eigenvalue weighted by Crippen LogP contribution is 2.43. The molecule has 0 aliphatic heterocycles. The molecule has 0 radical (unpaired) electrons. The van der Waals surface area contributed by atoms with Gasteiger partial charge in [-0.15, -0.1) is 0 Å². The Morgan fingerprint density at radius 1 is 0.364 bits per heavy atom. The van der Waals surface area contributed by atoms with Crippen molar-refractivity contribution in [2.75, 3.05) is 4.90 Å². The van der Waals surface area contributed by atoms with Crippen molar-refractivity contribution in [3.05, 3.63) is 182 Å². The zero-order valence-corrected chi connectivity index (χ0v) is 29.5. The van der Waals surface area contributed by atoms with Gasteiger partial charge in [-0.2, -0.15) is 0 Å². The summed E-state index contributed by atoms with van der Waals surface area (Å²) in [4.78, 5) is 7.27. The Kier molecular flexibility index (Phi) is 6.31. The minimum Gasteiger partial charge on any atom is -0.455 e. The summed E-state index contributed by atoms with van der Waals surface area (Å²) in [6, 6.07) is 62.3. The van der Waals surface area contributed by atoms with Crippen LogP contribution in [0.25, 0.3) is 98.2 Å². The van der Waals surface area contributed by atoms with Crippen LogP contribution in [-0.2, 0) is 0 Å². The van der Waals surface area contributed by atoms with Gasteiger partial charge in [0.2, 0.25) is 0 Å². The fraction of sp³-hybridized carbons (Fsp3) is 0. The molecule has 256 valence electrons. The summed E-state index contributed by atoms with van der Waals surface area (Å²) >= 11 is 0. The van der Waals surface area contributed by atoms with Crippen LogP contribution in [0.1, 0.15) is 0 Å². The van der Waals surface area contributed by atoms with Gasteiger partial charge in [0.15, 0.2) is 0 Å². The Hall–Kier alpha value is -7.43. The fourth-order valence-electron chi connectivity index (χ4n) is 8.66. The molecule has 9 aromatic carbocycles. The highest BCUT2D eigenvalue weighted by Gasteiger charge is 2.19. The van der Waals surface area contributed by atoms with Gasteiger partial charge in [-0.1, -0.05) is 115 Å². The van der Waals surface area contributed by atoms with E-state index in [0.29, 0.717) is 0 Å². The van der Waals surface area contributed by atoms with Gasteiger partial charge >= 0.3 is 0 Å². The van der Waals surface area contributed by atoms with Crippen molar-refractivity contribution < 1.29 is 8.83 Å². The molecule has 0 saturated carbocycles. The maximum Gasteiger partial charge on any atom is 0.143 e. The summed E-state index contributed by atoms with van der Waals surface area (Å²) in [6.07, 6.45) is 1.98. The summed E-state index contributed by atoms with van der Waals surface area (Å²) in [6.45, 7) is 0. The molecular formula is C51H30N2O2. The molecule has 0 unspecified atom stereocenters. The van der Waals surface area contributed by atoms with Gasteiger partial charge in [-0.3, -0.25) is 4.98 Å². The number of hydrogen-bond acceptors (Lipinski definition) is 4. The Morgan fingerprint density at radius 2 is 0.836 bits per heavy atom. The Balaban J connectivity index is 1.06. The Morgan fingerprint density at radius 3 is 1.38 bits per heavy atom. The number of pyridine rings is 1. The van der Waals surface area contributed by atoms with Gasteiger partial charge in [0.1, 0.15) is 22.3 Å². The number of nitrogens with zero attached hydrogens (tertiary/aromatic N) is 2. The molecule has 0 amide bonds. The molecular weight excluding hydrogens is 673 g/mol. The average Bonchev–Trinajstić information content (AvgIpc) is 3.83. The van der Waals surface area contributed by atoms with E-state index in [2.05, 4.69) is 138 Å². The third kappa shape index (κ3) is 4.55. The highest BCUT2D eigenvalue weighted by molar-refractivity contribution is 6.24. The molecule has 12 aromatic rings. The molecule has 3 aromatic heterocycles. The van der Waals surface area contributed by atoms with E-state index in [1.54, 1.807) is 0 Å². The monoisotopic (exact) mass is 702 g/mol. The Bertz CT molecular complexity index is 3290. The van der Waals surface area contributed by atoms with Gasteiger partial charge in [0, 0.05) is 49.3 Å². The van der Waals surface area contributed by atoms with Gasteiger partial charge in [-0.05, 0) is 93.0 Å². The predicted octanol–water partition coefficient (Wildman–Crippen LogP) is 14.6. The van der Waals surface area contributed by atoms with Crippen molar-refractivity contribution in [2.24, 2.45) is 0 Å². The first kappa shape index (κ1) is 30.1. The zero-order chi connectivity index (χ0) is 36.0. The van der Waals surface area contributed by atoms with Crippen LogP contribution < -0.4 is 4.90 Å². The minimum absolute atomic E-state index is 0.904. The molecule has 0 aliphatic carbocycles. The minimum atomic E-state index is 0.904. The number of hydrogen-bond donors (Lipinski definition) is 0. The third-order valence-corrected chi connectivity index (χ3v) is 11.2. The van der Waals surface area contributed by atoms with E-state index in [4.69, 9.17) is 13.8 Å². The Labute approximate surface area is 315 Å². The molecule has 0 atom stereocenters. The second-order valence-electron chi connectivity index (χ2n) is 14.3. The summed E-state index contributed by atoms with van der Waals surface area (Å²) in [5.41, 5.74) is 8.73. The zero-order valence-electron chi connectivity index (χ0n) is 29.5. The van der Waals surface area contributed by atoms with Crippen LogP contribution in [0, 0.1) is 0 Å². The fourth-order valence-corrected chi connectivity index (χ4v) is 8.66. The SMILES string of the molecule is c1ccc(-c2ccc(N(c3ccc4c(ccc5ccc6c7ccccc7oc6c54)c3)c3ccc4c(ccc5ccc6c7ccccc7oc6c54)c3)cn2)cc1. The molecule has 0 N–H and O–H groups in total. The highest BCUT2D eigenvalue weighted by atomic mass is 16.3. The lowest BCUT2D eigenvalue weighted by Crippen LogP contribution is -2.10. The second-order valence-corrected chi connectivity index (χ2v) is 14.3. The van der Waals surface area contributed by atoms with Crippen molar-refractivity contribution in [1.29, 1.82) is 0 Å². The maximum absolute atomic E-state index is 6.53. The molecule has 0 bridgehead atoms. The van der Waals surface area contributed by atoms with Crippen LogP contribution in [0.2, 0.25) is 0 Å². The summed E-state index contributed by atoms with van der Waals surface area (Å²) < 4.78 is 13.1. The predicted molar refractivity (Wildman–Crippen MR) is 229 cm³/mol. The van der Waals surface area contributed by atoms with Crippen LogP contribution in [0.4, 0.5) is 17.1 Å². The first-order chi connectivity index (χ1) is 27.2. The normalized spacial score (nSPS) is 12.0. The van der Waals surface area contributed by atoms with Crippen LogP contribution in [0.3, 0.4) is 0 Å². The van der Waals surface area contributed by atoms with Crippen molar-refractivity contribution >= 4 is 104 Å². The van der Waals surface area contributed by atoms with E-state index in [9.17, 15) is 0 Å². The van der Waals surface area contributed by atoms with Crippen molar-refractivity contribution in [3.63, 3.8) is 0 Å². The van der Waals surface area contributed by atoms with E-state index in [1.165, 1.54) is 0 Å². The van der Waals surface area contributed by atoms with E-state index in [-0.39, 0.29) is 0 Å². The standard InChI is InChI=1S/C51H30N2O2/c1-2-8-31(9-3-1)45-27-22-38(30-52-45)53(36-20-25-39-34(28-36)16-14-32-18-23-43-41-10-4-6-12-46(41)54-50(43)48(32)39)37-21-26-40-35(29-37)17-15-33-19-24-44-42-11-5-7-13-47(42)55-51(44)49(33)40/h1-30H. The number of rotatable bonds is 4. The summed E-state index contributed by atoms with van der Waals surface area (Å²) in [5, 5.41) is 13.7. The topological polar surface area (TPSA) is 42.4 Å². The average molecular weight is 703 g/mol. The molecule has 4 nitrogen and oxygen atoms in total. The summed E-state index contributed by atoms with van der Waals surface area (Å²) in [5.74, 6) is 0. The molecule has 55 heavy (non-hydrogen) atoms. The molecule has 4 heteroatoms. The molecule has 0 spiro atoms. The van der Waals surface area contributed by atoms with Crippen molar-refractivity contribution in [2.45, 2.75) is 0 Å². The van der Waals surface area contributed by atoms with Gasteiger partial charge in [-0.25, -0.2) is 0 Å². The van der Waals surface area contributed by atoms with Gasteiger partial charge in [0.05, 0.1) is 17.6 Å². The molecule has 0 aliphatic rings. The third-order valence-electron chi connectivity index (χ3n) is 11.2.